The SMILES string of the molecule is O=C1CCCC(S)=C1O. The Balaban J connectivity index is 2.84. The number of thiol groups is 1. The molecule has 0 unspecified atom stereocenters. The quantitative estimate of drug-likeness (QED) is 0.505. The van der Waals surface area contributed by atoms with Crippen LogP contribution < -0.4 is 0 Å². The first-order valence-corrected chi connectivity index (χ1v) is 3.31. The molecule has 9 heavy (non-hydrogen) atoms. The van der Waals surface area contributed by atoms with Crippen molar-refractivity contribution in [2.45, 2.75) is 19.3 Å². The largest absolute Gasteiger partial charge is 0.504 e. The van der Waals surface area contributed by atoms with Gasteiger partial charge in [-0.25, -0.2) is 0 Å². The molecule has 1 aliphatic rings. The second kappa shape index (κ2) is 2.43. The van der Waals surface area contributed by atoms with Crippen LogP contribution in [0.5, 0.6) is 0 Å². The zero-order valence-corrected chi connectivity index (χ0v) is 5.82. The van der Waals surface area contributed by atoms with Gasteiger partial charge in [0, 0.05) is 11.3 Å². The van der Waals surface area contributed by atoms with Crippen LogP contribution in [0.25, 0.3) is 0 Å². The van der Waals surface area contributed by atoms with Crippen molar-refractivity contribution < 1.29 is 9.90 Å². The third-order valence-corrected chi connectivity index (χ3v) is 1.79. The lowest BCUT2D eigenvalue weighted by Crippen LogP contribution is -2.08. The number of allylic oxidation sites excluding steroid dienone is 2. The van der Waals surface area contributed by atoms with Crippen LogP contribution >= 0.6 is 12.6 Å². The summed E-state index contributed by atoms with van der Waals surface area (Å²) in [5.41, 5.74) is 0. The summed E-state index contributed by atoms with van der Waals surface area (Å²) in [4.78, 5) is 11.2. The Bertz CT molecular complexity index is 172. The lowest BCUT2D eigenvalue weighted by Gasteiger charge is -2.09. The average molecular weight is 144 g/mol. The zero-order valence-electron chi connectivity index (χ0n) is 4.92. The van der Waals surface area contributed by atoms with Crippen LogP contribution in [-0.2, 0) is 4.79 Å². The van der Waals surface area contributed by atoms with E-state index in [1.54, 1.807) is 0 Å². The highest BCUT2D eigenvalue weighted by molar-refractivity contribution is 7.84. The van der Waals surface area contributed by atoms with E-state index in [1.165, 1.54) is 0 Å². The van der Waals surface area contributed by atoms with Gasteiger partial charge in [-0.15, -0.1) is 12.6 Å². The molecule has 0 saturated carbocycles. The average Bonchev–Trinajstić information content (AvgIpc) is 1.83. The summed E-state index contributed by atoms with van der Waals surface area (Å²) in [7, 11) is 0. The highest BCUT2D eigenvalue weighted by Crippen LogP contribution is 2.22. The topological polar surface area (TPSA) is 37.3 Å². The molecule has 0 bridgehead atoms. The van der Waals surface area contributed by atoms with Crippen molar-refractivity contribution >= 4 is 18.4 Å². The number of Topliss-reactive ketones (excluding diaryl/α,β-unsaturated/α-hetero) is 1. The molecule has 0 aromatic heterocycles. The number of aliphatic hydroxyl groups excluding tert-OH is 1. The van der Waals surface area contributed by atoms with Crippen LogP contribution in [0, 0.1) is 0 Å². The van der Waals surface area contributed by atoms with E-state index in [2.05, 4.69) is 12.6 Å². The van der Waals surface area contributed by atoms with Crippen LogP contribution in [-0.4, -0.2) is 10.9 Å². The first-order chi connectivity index (χ1) is 4.22. The molecule has 0 fully saturated rings. The smallest absolute Gasteiger partial charge is 0.197 e. The van der Waals surface area contributed by atoms with Gasteiger partial charge >= 0.3 is 0 Å². The second-order valence-electron chi connectivity index (χ2n) is 2.07. The van der Waals surface area contributed by atoms with Gasteiger partial charge in [-0.2, -0.15) is 0 Å². The second-order valence-corrected chi connectivity index (χ2v) is 2.61. The van der Waals surface area contributed by atoms with Crippen LogP contribution in [0.4, 0.5) is 0 Å². The van der Waals surface area contributed by atoms with E-state index in [1.807, 2.05) is 0 Å². The summed E-state index contributed by atoms with van der Waals surface area (Å²) in [6.45, 7) is 0. The van der Waals surface area contributed by atoms with E-state index < -0.39 is 0 Å². The lowest BCUT2D eigenvalue weighted by atomic mass is 10.1. The van der Waals surface area contributed by atoms with E-state index in [0.717, 1.165) is 12.8 Å². The van der Waals surface area contributed by atoms with Gasteiger partial charge in [0.05, 0.1) is 0 Å². The number of hydrogen-bond acceptors (Lipinski definition) is 3. The molecule has 0 saturated heterocycles. The van der Waals surface area contributed by atoms with Crippen molar-refractivity contribution in [2.24, 2.45) is 0 Å². The molecular formula is C6H8O2S. The molecule has 3 heteroatoms. The molecule has 0 amide bonds. The van der Waals surface area contributed by atoms with E-state index >= 15 is 0 Å². The molecule has 1 N–H and O–H groups in total. The maximum Gasteiger partial charge on any atom is 0.197 e. The van der Waals surface area contributed by atoms with Crippen molar-refractivity contribution in [2.75, 3.05) is 0 Å². The molecule has 2 nitrogen and oxygen atoms in total. The Labute approximate surface area is 59.0 Å². The molecule has 0 aromatic rings. The van der Waals surface area contributed by atoms with Crippen molar-refractivity contribution in [3.8, 4) is 0 Å². The van der Waals surface area contributed by atoms with Crippen molar-refractivity contribution in [3.63, 3.8) is 0 Å². The third kappa shape index (κ3) is 1.27. The third-order valence-electron chi connectivity index (χ3n) is 1.35. The van der Waals surface area contributed by atoms with Gasteiger partial charge < -0.3 is 5.11 Å². The summed E-state index contributed by atoms with van der Waals surface area (Å²) in [6, 6.07) is 0. The first-order valence-electron chi connectivity index (χ1n) is 2.86. The van der Waals surface area contributed by atoms with Gasteiger partial charge in [0.15, 0.2) is 11.5 Å². The Kier molecular flexibility index (Phi) is 1.81. The predicted molar refractivity (Wildman–Crippen MR) is 37.5 cm³/mol. The number of aliphatic hydroxyl groups is 1. The van der Waals surface area contributed by atoms with Gasteiger partial charge in [0.2, 0.25) is 0 Å². The summed E-state index contributed by atoms with van der Waals surface area (Å²) in [6.07, 6.45) is 2.03. The van der Waals surface area contributed by atoms with Gasteiger partial charge in [0.25, 0.3) is 0 Å². The molecule has 0 spiro atoms. The molecule has 1 aliphatic carbocycles. The maximum absolute atomic E-state index is 10.6. The van der Waals surface area contributed by atoms with Crippen LogP contribution in [0.3, 0.4) is 0 Å². The highest BCUT2D eigenvalue weighted by Gasteiger charge is 2.16. The van der Waals surface area contributed by atoms with Gasteiger partial charge in [0.1, 0.15) is 0 Å². The fraction of sp³-hybridized carbons (Fsp3) is 0.500. The molecule has 0 aliphatic heterocycles. The Morgan fingerprint density at radius 2 is 2.11 bits per heavy atom. The molecule has 0 atom stereocenters. The van der Waals surface area contributed by atoms with Crippen molar-refractivity contribution in [1.29, 1.82) is 0 Å². The van der Waals surface area contributed by atoms with Crippen LogP contribution in [0.2, 0.25) is 0 Å². The lowest BCUT2D eigenvalue weighted by molar-refractivity contribution is -0.118. The van der Waals surface area contributed by atoms with Crippen molar-refractivity contribution in [1.82, 2.24) is 0 Å². The predicted octanol–water partition coefficient (Wildman–Crippen LogP) is 1.44. The maximum atomic E-state index is 10.6. The van der Waals surface area contributed by atoms with E-state index in [4.69, 9.17) is 5.11 Å². The fourth-order valence-corrected chi connectivity index (χ4v) is 1.10. The Morgan fingerprint density at radius 1 is 1.44 bits per heavy atom. The molecule has 1 rings (SSSR count). The Morgan fingerprint density at radius 3 is 2.56 bits per heavy atom. The minimum atomic E-state index is -0.175. The molecule has 0 heterocycles. The van der Waals surface area contributed by atoms with Crippen LogP contribution in [0.15, 0.2) is 10.7 Å². The standard InChI is InChI=1S/C6H8O2S/c7-4-2-1-3-5(9)6(4)8/h8-9H,1-3H2. The number of carbonyl (C=O) groups is 1. The minimum absolute atomic E-state index is 0.135. The molecule has 0 radical (unpaired) electrons. The zero-order chi connectivity index (χ0) is 6.85. The molecule has 50 valence electrons. The van der Waals surface area contributed by atoms with E-state index in [9.17, 15) is 4.79 Å². The van der Waals surface area contributed by atoms with Gasteiger partial charge in [-0.1, -0.05) is 0 Å². The van der Waals surface area contributed by atoms with E-state index in [0.29, 0.717) is 11.3 Å². The molecule has 0 aromatic carbocycles. The normalized spacial score (nSPS) is 20.8. The van der Waals surface area contributed by atoms with Crippen molar-refractivity contribution in [3.05, 3.63) is 10.7 Å². The van der Waals surface area contributed by atoms with Gasteiger partial charge in [-0.05, 0) is 12.8 Å². The Hall–Kier alpha value is -0.440. The summed E-state index contributed by atoms with van der Waals surface area (Å²) < 4.78 is 0. The van der Waals surface area contributed by atoms with Crippen LogP contribution in [0.1, 0.15) is 19.3 Å². The number of carbonyl (C=O) groups excluding carboxylic acids is 1. The highest BCUT2D eigenvalue weighted by atomic mass is 32.1. The summed E-state index contributed by atoms with van der Waals surface area (Å²) in [5.74, 6) is -0.309. The van der Waals surface area contributed by atoms with Gasteiger partial charge in [-0.3, -0.25) is 4.79 Å². The number of rotatable bonds is 0. The number of ketones is 1. The monoisotopic (exact) mass is 144 g/mol. The summed E-state index contributed by atoms with van der Waals surface area (Å²) >= 11 is 3.92. The molecular weight excluding hydrogens is 136 g/mol. The minimum Gasteiger partial charge on any atom is -0.504 e. The fourth-order valence-electron chi connectivity index (χ4n) is 0.814. The van der Waals surface area contributed by atoms with E-state index in [-0.39, 0.29) is 11.5 Å². The summed E-state index contributed by atoms with van der Waals surface area (Å²) in [5, 5.41) is 8.90. The number of hydrogen-bond donors (Lipinski definition) is 2. The first kappa shape index (κ1) is 6.68.